The van der Waals surface area contributed by atoms with Crippen molar-refractivity contribution in [2.45, 2.75) is 6.92 Å². The lowest BCUT2D eigenvalue weighted by atomic mass is 10.0. The van der Waals surface area contributed by atoms with E-state index in [0.29, 0.717) is 29.2 Å². The summed E-state index contributed by atoms with van der Waals surface area (Å²) >= 11 is 3.41. The molecule has 2 aromatic carbocycles. The molecule has 0 aliphatic rings. The Labute approximate surface area is 143 Å². The van der Waals surface area contributed by atoms with Crippen molar-refractivity contribution in [2.75, 3.05) is 13.7 Å². The van der Waals surface area contributed by atoms with Crippen LogP contribution in [-0.4, -0.2) is 24.8 Å². The number of aliphatic carboxylic acids is 1. The molecule has 0 radical (unpaired) electrons. The highest BCUT2D eigenvalue weighted by atomic mass is 79.9. The molecule has 0 heterocycles. The quantitative estimate of drug-likeness (QED) is 0.596. The lowest BCUT2D eigenvalue weighted by molar-refractivity contribution is -0.130. The van der Waals surface area contributed by atoms with Gasteiger partial charge in [-0.25, -0.2) is 4.79 Å². The number of carboxylic acids is 1. The molecule has 0 spiro atoms. The number of hydrogen-bond acceptors (Lipinski definition) is 3. The molecule has 0 bridgehead atoms. The fraction of sp³-hybridized carbons (Fsp3) is 0.167. The van der Waals surface area contributed by atoms with Gasteiger partial charge in [0.05, 0.1) is 19.3 Å². The molecule has 4 nitrogen and oxygen atoms in total. The second kappa shape index (κ2) is 7.83. The first-order valence-corrected chi connectivity index (χ1v) is 7.86. The van der Waals surface area contributed by atoms with E-state index in [4.69, 9.17) is 9.47 Å². The number of methoxy groups -OCH3 is 1. The fourth-order valence-electron chi connectivity index (χ4n) is 2.19. The third kappa shape index (κ3) is 4.13. The molecule has 0 amide bonds. The molecule has 2 rings (SSSR count). The number of benzene rings is 2. The zero-order valence-electron chi connectivity index (χ0n) is 12.9. The van der Waals surface area contributed by atoms with Crippen LogP contribution >= 0.6 is 15.9 Å². The Hall–Kier alpha value is -2.27. The Morgan fingerprint density at radius 3 is 2.52 bits per heavy atom. The molecule has 0 atom stereocenters. The Morgan fingerprint density at radius 1 is 1.26 bits per heavy atom. The Morgan fingerprint density at radius 2 is 1.96 bits per heavy atom. The number of hydrogen-bond donors (Lipinski definition) is 1. The Balaban J connectivity index is 2.63. The van der Waals surface area contributed by atoms with Crippen LogP contribution in [0.25, 0.3) is 11.6 Å². The molecule has 0 aliphatic heterocycles. The van der Waals surface area contributed by atoms with E-state index in [1.54, 1.807) is 49.6 Å². The lowest BCUT2D eigenvalue weighted by Crippen LogP contribution is -2.02. The second-order valence-corrected chi connectivity index (χ2v) is 5.60. The molecular formula is C18H17BrO4. The summed E-state index contributed by atoms with van der Waals surface area (Å²) in [5.74, 6) is 0.0655. The molecular weight excluding hydrogens is 360 g/mol. The van der Waals surface area contributed by atoms with Gasteiger partial charge in [-0.1, -0.05) is 46.3 Å². The molecule has 0 saturated heterocycles. The van der Waals surface area contributed by atoms with Crippen molar-refractivity contribution >= 4 is 33.5 Å². The van der Waals surface area contributed by atoms with Crippen molar-refractivity contribution < 1.29 is 19.4 Å². The van der Waals surface area contributed by atoms with Gasteiger partial charge < -0.3 is 14.6 Å². The highest BCUT2D eigenvalue weighted by Gasteiger charge is 2.15. The minimum atomic E-state index is -1.00. The van der Waals surface area contributed by atoms with Crippen molar-refractivity contribution in [2.24, 2.45) is 0 Å². The van der Waals surface area contributed by atoms with E-state index in [2.05, 4.69) is 15.9 Å². The summed E-state index contributed by atoms with van der Waals surface area (Å²) in [5, 5.41) is 9.55. The standard InChI is InChI=1S/C18H17BrO4/c1-3-23-17-13(9-14(19)11-16(17)22-2)10-15(18(20)21)12-7-5-4-6-8-12/h4-11H,3H2,1-2H3,(H,20,21)/b15-10-. The van der Waals surface area contributed by atoms with Gasteiger partial charge in [-0.15, -0.1) is 0 Å². The lowest BCUT2D eigenvalue weighted by Gasteiger charge is -2.14. The smallest absolute Gasteiger partial charge is 0.336 e. The van der Waals surface area contributed by atoms with Gasteiger partial charge in [0.2, 0.25) is 0 Å². The zero-order chi connectivity index (χ0) is 16.8. The molecule has 5 heteroatoms. The normalized spacial score (nSPS) is 11.2. The number of rotatable bonds is 6. The highest BCUT2D eigenvalue weighted by molar-refractivity contribution is 9.10. The van der Waals surface area contributed by atoms with E-state index in [1.165, 1.54) is 0 Å². The second-order valence-electron chi connectivity index (χ2n) is 4.69. The predicted molar refractivity (Wildman–Crippen MR) is 93.8 cm³/mol. The van der Waals surface area contributed by atoms with Crippen LogP contribution in [0.5, 0.6) is 11.5 Å². The van der Waals surface area contributed by atoms with Gasteiger partial charge in [-0.3, -0.25) is 0 Å². The van der Waals surface area contributed by atoms with E-state index < -0.39 is 5.97 Å². The van der Waals surface area contributed by atoms with Gasteiger partial charge in [-0.05, 0) is 30.7 Å². The van der Waals surface area contributed by atoms with Crippen molar-refractivity contribution in [1.29, 1.82) is 0 Å². The van der Waals surface area contributed by atoms with Crippen molar-refractivity contribution in [3.05, 3.63) is 58.1 Å². The summed E-state index contributed by atoms with van der Waals surface area (Å²) in [4.78, 5) is 11.7. The molecule has 0 aromatic heterocycles. The van der Waals surface area contributed by atoms with Crippen LogP contribution in [-0.2, 0) is 4.79 Å². The van der Waals surface area contributed by atoms with Crippen LogP contribution in [0, 0.1) is 0 Å². The molecule has 23 heavy (non-hydrogen) atoms. The SMILES string of the molecule is CCOc1c(/C=C(\C(=O)O)c2ccccc2)cc(Br)cc1OC. The number of ether oxygens (including phenoxy) is 2. The molecule has 0 unspecified atom stereocenters. The van der Waals surface area contributed by atoms with E-state index in [0.717, 1.165) is 4.47 Å². The first-order valence-electron chi connectivity index (χ1n) is 7.07. The summed E-state index contributed by atoms with van der Waals surface area (Å²) in [7, 11) is 1.55. The third-order valence-electron chi connectivity index (χ3n) is 3.17. The number of carboxylic acid groups (broad SMARTS) is 1. The maximum Gasteiger partial charge on any atom is 0.336 e. The first-order chi connectivity index (χ1) is 11.1. The van der Waals surface area contributed by atoms with Gasteiger partial charge in [0.25, 0.3) is 0 Å². The Bertz CT molecular complexity index is 723. The summed E-state index contributed by atoms with van der Waals surface area (Å²) in [6, 6.07) is 12.6. The van der Waals surface area contributed by atoms with Crippen LogP contribution in [0.2, 0.25) is 0 Å². The maximum atomic E-state index is 11.7. The molecule has 1 N–H and O–H groups in total. The topological polar surface area (TPSA) is 55.8 Å². The molecule has 120 valence electrons. The van der Waals surface area contributed by atoms with E-state index >= 15 is 0 Å². The van der Waals surface area contributed by atoms with Gasteiger partial charge in [-0.2, -0.15) is 0 Å². The van der Waals surface area contributed by atoms with Gasteiger partial charge in [0.15, 0.2) is 11.5 Å². The van der Waals surface area contributed by atoms with Gasteiger partial charge in [0, 0.05) is 10.0 Å². The molecule has 0 fully saturated rings. The van der Waals surface area contributed by atoms with Crippen LogP contribution in [0.4, 0.5) is 0 Å². The molecule has 2 aromatic rings. The third-order valence-corrected chi connectivity index (χ3v) is 3.63. The van der Waals surface area contributed by atoms with Gasteiger partial charge in [0.1, 0.15) is 0 Å². The van der Waals surface area contributed by atoms with Crippen LogP contribution in [0.3, 0.4) is 0 Å². The predicted octanol–water partition coefficient (Wildman–Crippen LogP) is 4.48. The molecule has 0 saturated carbocycles. The highest BCUT2D eigenvalue weighted by Crippen LogP contribution is 2.37. The summed E-state index contributed by atoms with van der Waals surface area (Å²) in [5.41, 5.74) is 1.45. The van der Waals surface area contributed by atoms with Crippen molar-refractivity contribution in [3.63, 3.8) is 0 Å². The summed E-state index contributed by atoms with van der Waals surface area (Å²) < 4.78 is 11.8. The fourth-order valence-corrected chi connectivity index (χ4v) is 2.64. The van der Waals surface area contributed by atoms with Gasteiger partial charge >= 0.3 is 5.97 Å². The van der Waals surface area contributed by atoms with E-state index in [1.807, 2.05) is 13.0 Å². The first kappa shape index (κ1) is 17.1. The summed E-state index contributed by atoms with van der Waals surface area (Å²) in [6.45, 7) is 2.32. The van der Waals surface area contributed by atoms with E-state index in [-0.39, 0.29) is 5.57 Å². The number of halogens is 1. The largest absolute Gasteiger partial charge is 0.493 e. The van der Waals surface area contributed by atoms with Crippen molar-refractivity contribution in [3.8, 4) is 11.5 Å². The van der Waals surface area contributed by atoms with Crippen LogP contribution in [0.1, 0.15) is 18.1 Å². The maximum absolute atomic E-state index is 11.7. The van der Waals surface area contributed by atoms with Crippen LogP contribution in [0.15, 0.2) is 46.9 Å². The van der Waals surface area contributed by atoms with Crippen molar-refractivity contribution in [1.82, 2.24) is 0 Å². The minimum Gasteiger partial charge on any atom is -0.493 e. The minimum absolute atomic E-state index is 0.187. The number of carbonyl (C=O) groups is 1. The average Bonchev–Trinajstić information content (AvgIpc) is 2.55. The zero-order valence-corrected chi connectivity index (χ0v) is 14.5. The Kier molecular flexibility index (Phi) is 5.82. The monoisotopic (exact) mass is 376 g/mol. The van der Waals surface area contributed by atoms with E-state index in [9.17, 15) is 9.90 Å². The summed E-state index contributed by atoms with van der Waals surface area (Å²) in [6.07, 6.45) is 1.59. The van der Waals surface area contributed by atoms with Crippen LogP contribution < -0.4 is 9.47 Å². The average molecular weight is 377 g/mol. The molecule has 0 aliphatic carbocycles.